The Morgan fingerprint density at radius 3 is 2.56 bits per heavy atom. The van der Waals surface area contributed by atoms with E-state index in [0.717, 1.165) is 19.5 Å². The molecule has 2 aromatic rings. The lowest BCUT2D eigenvalue weighted by molar-refractivity contribution is -0.141. The third-order valence-electron chi connectivity index (χ3n) is 5.04. The zero-order chi connectivity index (χ0) is 17.4. The van der Waals surface area contributed by atoms with E-state index in [9.17, 15) is 13.2 Å². The molecule has 2 aliphatic rings. The third kappa shape index (κ3) is 3.20. The van der Waals surface area contributed by atoms with Crippen molar-refractivity contribution in [1.29, 1.82) is 0 Å². The Morgan fingerprint density at radius 1 is 1.00 bits per heavy atom. The molecule has 25 heavy (non-hydrogen) atoms. The van der Waals surface area contributed by atoms with Crippen molar-refractivity contribution < 1.29 is 13.2 Å². The van der Waals surface area contributed by atoms with Gasteiger partial charge in [-0.3, -0.25) is 4.90 Å². The fourth-order valence-corrected chi connectivity index (χ4v) is 3.77. The molecule has 4 nitrogen and oxygen atoms in total. The average Bonchev–Trinajstić information content (AvgIpc) is 3.09. The summed E-state index contributed by atoms with van der Waals surface area (Å²) in [6.07, 6.45) is -1.11. The van der Waals surface area contributed by atoms with Gasteiger partial charge in [0.2, 0.25) is 0 Å². The van der Waals surface area contributed by atoms with Gasteiger partial charge in [-0.2, -0.15) is 13.2 Å². The molecule has 4 rings (SSSR count). The zero-order valence-electron chi connectivity index (χ0n) is 13.7. The second-order valence-electron chi connectivity index (χ2n) is 6.63. The number of hydrogen-bond acceptors (Lipinski definition) is 4. The Morgan fingerprint density at radius 2 is 1.80 bits per heavy atom. The van der Waals surface area contributed by atoms with E-state index in [1.807, 2.05) is 4.90 Å². The smallest absolute Gasteiger partial charge is 0.342 e. The molecule has 0 saturated carbocycles. The summed E-state index contributed by atoms with van der Waals surface area (Å²) in [5, 5.41) is 7.45. The highest BCUT2D eigenvalue weighted by atomic mass is 19.4. The van der Waals surface area contributed by atoms with Crippen LogP contribution in [0.2, 0.25) is 0 Å². The summed E-state index contributed by atoms with van der Waals surface area (Å²) >= 11 is 0. The minimum Gasteiger partial charge on any atom is -0.342 e. The SMILES string of the molecule is FC(F)(F)c1nnc(N2CCC3CCCN3C2)cc1-c1ccccc1. The first-order valence-corrected chi connectivity index (χ1v) is 8.52. The Bertz CT molecular complexity index is 748. The van der Waals surface area contributed by atoms with E-state index in [-0.39, 0.29) is 5.56 Å². The van der Waals surface area contributed by atoms with Crippen LogP contribution in [0.1, 0.15) is 25.0 Å². The number of fused-ring (bicyclic) bond motifs is 1. The van der Waals surface area contributed by atoms with Gasteiger partial charge in [0.05, 0.1) is 6.67 Å². The van der Waals surface area contributed by atoms with Gasteiger partial charge in [-0.25, -0.2) is 0 Å². The standard InChI is InChI=1S/C18H19F3N4/c19-18(20,21)17-15(13-5-2-1-3-6-13)11-16(22-23-17)25-10-8-14-7-4-9-24(14)12-25/h1-3,5-6,11,14H,4,7-10,12H2. The molecule has 0 radical (unpaired) electrons. The number of nitrogens with zero attached hydrogens (tertiary/aromatic N) is 4. The van der Waals surface area contributed by atoms with Crippen LogP contribution in [-0.2, 0) is 6.18 Å². The fraction of sp³-hybridized carbons (Fsp3) is 0.444. The lowest BCUT2D eigenvalue weighted by Gasteiger charge is -2.38. The number of halogens is 3. The number of aromatic nitrogens is 2. The molecule has 1 unspecified atom stereocenters. The van der Waals surface area contributed by atoms with E-state index in [2.05, 4.69) is 15.1 Å². The van der Waals surface area contributed by atoms with E-state index in [4.69, 9.17) is 0 Å². The molecule has 1 aromatic heterocycles. The number of benzene rings is 1. The number of rotatable bonds is 2. The molecule has 132 valence electrons. The Hall–Kier alpha value is -2.15. The topological polar surface area (TPSA) is 32.3 Å². The maximum atomic E-state index is 13.4. The molecule has 0 amide bonds. The Balaban J connectivity index is 1.70. The molecular formula is C18H19F3N4. The van der Waals surface area contributed by atoms with Crippen molar-refractivity contribution in [3.63, 3.8) is 0 Å². The van der Waals surface area contributed by atoms with E-state index in [0.29, 0.717) is 24.1 Å². The van der Waals surface area contributed by atoms with Crippen LogP contribution in [0, 0.1) is 0 Å². The first-order chi connectivity index (χ1) is 12.0. The second kappa shape index (κ2) is 6.29. The highest BCUT2D eigenvalue weighted by Crippen LogP contribution is 2.37. The Kier molecular flexibility index (Phi) is 4.11. The minimum absolute atomic E-state index is 0.0849. The molecule has 0 N–H and O–H groups in total. The second-order valence-corrected chi connectivity index (χ2v) is 6.63. The molecule has 7 heteroatoms. The maximum Gasteiger partial charge on any atom is 0.435 e. The minimum atomic E-state index is -4.53. The summed E-state index contributed by atoms with van der Waals surface area (Å²) in [7, 11) is 0. The average molecular weight is 348 g/mol. The summed E-state index contributed by atoms with van der Waals surface area (Å²) in [6, 6.07) is 10.7. The maximum absolute atomic E-state index is 13.4. The summed E-state index contributed by atoms with van der Waals surface area (Å²) in [5.74, 6) is 0.511. The van der Waals surface area contributed by atoms with Gasteiger partial charge in [0.1, 0.15) is 0 Å². The summed E-state index contributed by atoms with van der Waals surface area (Å²) in [5.41, 5.74) is -0.345. The number of hydrogen-bond donors (Lipinski definition) is 0. The van der Waals surface area contributed by atoms with Gasteiger partial charge in [0.15, 0.2) is 11.5 Å². The normalized spacial score (nSPS) is 21.4. The highest BCUT2D eigenvalue weighted by Gasteiger charge is 2.37. The molecule has 0 aliphatic carbocycles. The number of anilines is 1. The van der Waals surface area contributed by atoms with Crippen LogP contribution in [0.4, 0.5) is 19.0 Å². The van der Waals surface area contributed by atoms with Gasteiger partial charge in [-0.05, 0) is 30.9 Å². The van der Waals surface area contributed by atoms with Gasteiger partial charge in [0, 0.05) is 24.7 Å². The van der Waals surface area contributed by atoms with Crippen LogP contribution in [0.3, 0.4) is 0 Å². The molecule has 2 fully saturated rings. The van der Waals surface area contributed by atoms with Gasteiger partial charge in [0.25, 0.3) is 0 Å². The van der Waals surface area contributed by atoms with Gasteiger partial charge in [-0.1, -0.05) is 30.3 Å². The Labute approximate surface area is 144 Å². The summed E-state index contributed by atoms with van der Waals surface area (Å²) in [4.78, 5) is 4.41. The molecule has 3 heterocycles. The zero-order valence-corrected chi connectivity index (χ0v) is 13.7. The summed E-state index contributed by atoms with van der Waals surface area (Å²) < 4.78 is 40.1. The van der Waals surface area contributed by atoms with Crippen LogP contribution in [0.25, 0.3) is 11.1 Å². The van der Waals surface area contributed by atoms with E-state index >= 15 is 0 Å². The predicted octanol–water partition coefficient (Wildman–Crippen LogP) is 3.79. The van der Waals surface area contributed by atoms with Crippen LogP contribution < -0.4 is 4.90 Å². The molecular weight excluding hydrogens is 329 g/mol. The summed E-state index contributed by atoms with van der Waals surface area (Å²) in [6.45, 7) is 2.55. The van der Waals surface area contributed by atoms with Crippen molar-refractivity contribution in [3.05, 3.63) is 42.1 Å². The van der Waals surface area contributed by atoms with E-state index in [1.54, 1.807) is 30.3 Å². The monoisotopic (exact) mass is 348 g/mol. The van der Waals surface area contributed by atoms with Crippen LogP contribution in [0.15, 0.2) is 36.4 Å². The highest BCUT2D eigenvalue weighted by molar-refractivity contribution is 5.69. The molecule has 2 aliphatic heterocycles. The quantitative estimate of drug-likeness (QED) is 0.826. The molecule has 0 bridgehead atoms. The van der Waals surface area contributed by atoms with Crippen molar-refractivity contribution in [2.24, 2.45) is 0 Å². The van der Waals surface area contributed by atoms with E-state index in [1.165, 1.54) is 18.9 Å². The lowest BCUT2D eigenvalue weighted by atomic mass is 10.0. The predicted molar refractivity (Wildman–Crippen MR) is 89.0 cm³/mol. The molecule has 0 spiro atoms. The van der Waals surface area contributed by atoms with Crippen LogP contribution >= 0.6 is 0 Å². The molecule has 1 aromatic carbocycles. The van der Waals surface area contributed by atoms with Crippen molar-refractivity contribution in [2.45, 2.75) is 31.5 Å². The van der Waals surface area contributed by atoms with Gasteiger partial charge in [-0.15, -0.1) is 10.2 Å². The number of alkyl halides is 3. The van der Waals surface area contributed by atoms with Crippen molar-refractivity contribution >= 4 is 5.82 Å². The van der Waals surface area contributed by atoms with Gasteiger partial charge < -0.3 is 4.90 Å². The van der Waals surface area contributed by atoms with Crippen molar-refractivity contribution in [2.75, 3.05) is 24.7 Å². The largest absolute Gasteiger partial charge is 0.435 e. The first-order valence-electron chi connectivity index (χ1n) is 8.52. The van der Waals surface area contributed by atoms with Crippen LogP contribution in [-0.4, -0.2) is 40.9 Å². The van der Waals surface area contributed by atoms with Crippen molar-refractivity contribution in [1.82, 2.24) is 15.1 Å². The van der Waals surface area contributed by atoms with Crippen LogP contribution in [0.5, 0.6) is 0 Å². The van der Waals surface area contributed by atoms with Gasteiger partial charge >= 0.3 is 6.18 Å². The lowest BCUT2D eigenvalue weighted by Crippen LogP contribution is -2.48. The third-order valence-corrected chi connectivity index (χ3v) is 5.04. The van der Waals surface area contributed by atoms with Crippen molar-refractivity contribution in [3.8, 4) is 11.1 Å². The molecule has 2 saturated heterocycles. The fourth-order valence-electron chi connectivity index (χ4n) is 3.77. The van der Waals surface area contributed by atoms with E-state index < -0.39 is 11.9 Å². The first kappa shape index (κ1) is 16.3. The molecule has 1 atom stereocenters.